The van der Waals surface area contributed by atoms with Crippen LogP contribution >= 0.6 is 0 Å². The van der Waals surface area contributed by atoms with E-state index in [-0.39, 0.29) is 5.54 Å². The Morgan fingerprint density at radius 2 is 1.89 bits per heavy atom. The number of nitrogens with one attached hydrogen (secondary N) is 1. The van der Waals surface area contributed by atoms with Gasteiger partial charge in [-0.25, -0.2) is 0 Å². The van der Waals surface area contributed by atoms with Crippen LogP contribution in [0, 0.1) is 11.3 Å². The Hall–Kier alpha value is -1.63. The molecule has 1 aromatic rings. The van der Waals surface area contributed by atoms with Crippen LogP contribution in [0.4, 0.5) is 5.82 Å². The second-order valence-corrected chi connectivity index (χ2v) is 5.56. The van der Waals surface area contributed by atoms with Gasteiger partial charge in [-0.15, -0.1) is 5.10 Å². The van der Waals surface area contributed by atoms with Gasteiger partial charge in [0, 0.05) is 5.54 Å². The number of rotatable bonds is 4. The predicted molar refractivity (Wildman–Crippen MR) is 76.0 cm³/mol. The Balaban J connectivity index is 2.38. The molecule has 2 rings (SSSR count). The van der Waals surface area contributed by atoms with E-state index in [1.807, 2.05) is 0 Å². The fraction of sp³-hybridized carbons (Fsp3) is 0.667. The molecule has 4 nitrogen and oxygen atoms in total. The molecule has 0 unspecified atom stereocenters. The summed E-state index contributed by atoms with van der Waals surface area (Å²) in [5.74, 6) is 0.668. The molecule has 0 aliphatic heterocycles. The lowest BCUT2D eigenvalue weighted by atomic mass is 9.99. The number of aryl methyl sites for hydroxylation is 1. The average molecular weight is 258 g/mol. The van der Waals surface area contributed by atoms with E-state index in [0.717, 1.165) is 36.9 Å². The summed E-state index contributed by atoms with van der Waals surface area (Å²) in [7, 11) is 0. The van der Waals surface area contributed by atoms with Crippen molar-refractivity contribution >= 4 is 5.82 Å². The summed E-state index contributed by atoms with van der Waals surface area (Å²) >= 11 is 0. The Morgan fingerprint density at radius 3 is 2.42 bits per heavy atom. The average Bonchev–Trinajstić information content (AvgIpc) is 2.84. The summed E-state index contributed by atoms with van der Waals surface area (Å²) in [6.07, 6.45) is 6.40. The Labute approximate surface area is 115 Å². The first kappa shape index (κ1) is 13.8. The zero-order valence-corrected chi connectivity index (χ0v) is 12.1. The van der Waals surface area contributed by atoms with Gasteiger partial charge in [-0.2, -0.15) is 10.4 Å². The van der Waals surface area contributed by atoms with Crippen LogP contribution in [0.25, 0.3) is 0 Å². The van der Waals surface area contributed by atoms with Gasteiger partial charge in [0.05, 0.1) is 5.69 Å². The molecule has 1 heterocycles. The van der Waals surface area contributed by atoms with Crippen LogP contribution in [0.1, 0.15) is 63.3 Å². The fourth-order valence-corrected chi connectivity index (χ4v) is 2.95. The maximum atomic E-state index is 9.45. The van der Waals surface area contributed by atoms with Gasteiger partial charge >= 0.3 is 0 Å². The molecule has 0 bridgehead atoms. The first-order chi connectivity index (χ1) is 9.13. The van der Waals surface area contributed by atoms with Gasteiger partial charge < -0.3 is 5.32 Å². The molecule has 0 amide bonds. The third-order valence-corrected chi connectivity index (χ3v) is 4.09. The van der Waals surface area contributed by atoms with Gasteiger partial charge in [0.1, 0.15) is 11.6 Å². The maximum Gasteiger partial charge on any atom is 0.167 e. The number of nitrogens with zero attached hydrogens (tertiary/aromatic N) is 3. The first-order valence-electron chi connectivity index (χ1n) is 7.20. The van der Waals surface area contributed by atoms with Crippen LogP contribution in [0.5, 0.6) is 0 Å². The second-order valence-electron chi connectivity index (χ2n) is 5.56. The van der Waals surface area contributed by atoms with Crippen LogP contribution in [0.15, 0.2) is 0 Å². The summed E-state index contributed by atoms with van der Waals surface area (Å²) in [5, 5.41) is 21.5. The van der Waals surface area contributed by atoms with E-state index in [1.165, 1.54) is 12.8 Å². The summed E-state index contributed by atoms with van der Waals surface area (Å²) < 4.78 is 0. The molecular weight excluding hydrogens is 236 g/mol. The van der Waals surface area contributed by atoms with Crippen molar-refractivity contribution in [2.24, 2.45) is 0 Å². The van der Waals surface area contributed by atoms with Crippen molar-refractivity contribution in [2.75, 3.05) is 5.32 Å². The van der Waals surface area contributed by atoms with Crippen LogP contribution in [0.2, 0.25) is 0 Å². The van der Waals surface area contributed by atoms with E-state index in [2.05, 4.69) is 42.4 Å². The molecule has 102 valence electrons. The molecule has 4 heteroatoms. The number of anilines is 1. The highest BCUT2D eigenvalue weighted by atomic mass is 15.2. The highest BCUT2D eigenvalue weighted by molar-refractivity contribution is 5.57. The number of hydrogen-bond donors (Lipinski definition) is 1. The van der Waals surface area contributed by atoms with E-state index in [4.69, 9.17) is 0 Å². The van der Waals surface area contributed by atoms with Gasteiger partial charge in [0.25, 0.3) is 0 Å². The third kappa shape index (κ3) is 2.70. The molecule has 0 saturated heterocycles. The van der Waals surface area contributed by atoms with E-state index >= 15 is 0 Å². The summed E-state index contributed by atoms with van der Waals surface area (Å²) in [4.78, 5) is 0. The highest BCUT2D eigenvalue weighted by Crippen LogP contribution is 2.33. The van der Waals surface area contributed by atoms with Gasteiger partial charge in [-0.1, -0.05) is 26.7 Å². The standard InChI is InChI=1S/C15H22N4/c1-4-11-12(10-16)14(19-18-13(11)5-2)17-15(3)8-6-7-9-15/h4-9H2,1-3H3,(H,17,19). The van der Waals surface area contributed by atoms with Crippen molar-refractivity contribution in [2.45, 2.75) is 64.8 Å². The fourth-order valence-electron chi connectivity index (χ4n) is 2.95. The maximum absolute atomic E-state index is 9.45. The topological polar surface area (TPSA) is 61.6 Å². The molecule has 0 radical (unpaired) electrons. The lowest BCUT2D eigenvalue weighted by Gasteiger charge is -2.26. The van der Waals surface area contributed by atoms with Crippen molar-refractivity contribution in [3.63, 3.8) is 0 Å². The van der Waals surface area contributed by atoms with Crippen LogP contribution in [0.3, 0.4) is 0 Å². The molecule has 1 N–H and O–H groups in total. The monoisotopic (exact) mass is 258 g/mol. The zero-order chi connectivity index (χ0) is 13.9. The van der Waals surface area contributed by atoms with E-state index in [1.54, 1.807) is 0 Å². The lowest BCUT2D eigenvalue weighted by molar-refractivity contribution is 0.529. The minimum Gasteiger partial charge on any atom is -0.362 e. The molecule has 0 aromatic carbocycles. The molecule has 1 aromatic heterocycles. The summed E-state index contributed by atoms with van der Waals surface area (Å²) in [5.41, 5.74) is 2.74. The Kier molecular flexibility index (Phi) is 4.04. The number of aromatic nitrogens is 2. The van der Waals surface area contributed by atoms with E-state index < -0.39 is 0 Å². The smallest absolute Gasteiger partial charge is 0.167 e. The molecule has 1 aliphatic rings. The minimum atomic E-state index is 0.0685. The largest absolute Gasteiger partial charge is 0.362 e. The van der Waals surface area contributed by atoms with Crippen LogP contribution in [-0.2, 0) is 12.8 Å². The van der Waals surface area contributed by atoms with Crippen molar-refractivity contribution in [1.82, 2.24) is 10.2 Å². The van der Waals surface area contributed by atoms with Gasteiger partial charge in [-0.05, 0) is 38.2 Å². The van der Waals surface area contributed by atoms with E-state index in [0.29, 0.717) is 11.4 Å². The summed E-state index contributed by atoms with van der Waals surface area (Å²) in [6.45, 7) is 6.33. The van der Waals surface area contributed by atoms with Gasteiger partial charge in [-0.3, -0.25) is 0 Å². The third-order valence-electron chi connectivity index (χ3n) is 4.09. The van der Waals surface area contributed by atoms with Crippen molar-refractivity contribution in [1.29, 1.82) is 5.26 Å². The summed E-state index contributed by atoms with van der Waals surface area (Å²) in [6, 6.07) is 2.32. The Bertz CT molecular complexity index is 496. The van der Waals surface area contributed by atoms with E-state index in [9.17, 15) is 5.26 Å². The predicted octanol–water partition coefficient (Wildman–Crippen LogP) is 3.22. The quantitative estimate of drug-likeness (QED) is 0.900. The van der Waals surface area contributed by atoms with Gasteiger partial charge in [0.15, 0.2) is 5.82 Å². The second kappa shape index (κ2) is 5.56. The highest BCUT2D eigenvalue weighted by Gasteiger charge is 2.30. The number of nitriles is 1. The molecule has 19 heavy (non-hydrogen) atoms. The molecule has 0 atom stereocenters. The normalized spacial score (nSPS) is 17.2. The SMILES string of the molecule is CCc1nnc(NC2(C)CCCC2)c(C#N)c1CC. The van der Waals surface area contributed by atoms with Gasteiger partial charge in [0.2, 0.25) is 0 Å². The first-order valence-corrected chi connectivity index (χ1v) is 7.20. The molecule has 1 fully saturated rings. The number of hydrogen-bond acceptors (Lipinski definition) is 4. The van der Waals surface area contributed by atoms with Crippen molar-refractivity contribution in [3.05, 3.63) is 16.8 Å². The van der Waals surface area contributed by atoms with Crippen molar-refractivity contribution in [3.8, 4) is 6.07 Å². The van der Waals surface area contributed by atoms with Crippen molar-refractivity contribution < 1.29 is 0 Å². The zero-order valence-electron chi connectivity index (χ0n) is 12.1. The Morgan fingerprint density at radius 1 is 1.21 bits per heavy atom. The lowest BCUT2D eigenvalue weighted by Crippen LogP contribution is -2.32. The van der Waals surface area contributed by atoms with Crippen LogP contribution in [-0.4, -0.2) is 15.7 Å². The molecular formula is C15H22N4. The molecule has 1 saturated carbocycles. The van der Waals surface area contributed by atoms with Crippen LogP contribution < -0.4 is 5.32 Å². The molecule has 1 aliphatic carbocycles. The minimum absolute atomic E-state index is 0.0685. The molecule has 0 spiro atoms.